The van der Waals surface area contributed by atoms with Gasteiger partial charge in [-0.1, -0.05) is 18.5 Å². The number of nitrogens with zero attached hydrogens (tertiary/aromatic N) is 2. The molecule has 0 aliphatic heterocycles. The topological polar surface area (TPSA) is 56.2 Å². The molecule has 0 saturated carbocycles. The highest BCUT2D eigenvalue weighted by molar-refractivity contribution is 6.31. The van der Waals surface area contributed by atoms with E-state index in [1.165, 1.54) is 0 Å². The summed E-state index contributed by atoms with van der Waals surface area (Å²) in [4.78, 5) is 11.8. The molecule has 108 valence electrons. The van der Waals surface area contributed by atoms with Gasteiger partial charge in [-0.3, -0.25) is 9.48 Å². The van der Waals surface area contributed by atoms with Crippen molar-refractivity contribution in [1.82, 2.24) is 15.1 Å². The van der Waals surface area contributed by atoms with Crippen molar-refractivity contribution in [2.75, 3.05) is 13.2 Å². The van der Waals surface area contributed by atoms with E-state index < -0.39 is 0 Å². The summed E-state index contributed by atoms with van der Waals surface area (Å²) in [6.45, 7) is 7.56. The number of carbonyl (C=O) groups is 1. The van der Waals surface area contributed by atoms with Crippen molar-refractivity contribution in [2.24, 2.45) is 0 Å². The van der Waals surface area contributed by atoms with Crippen LogP contribution in [0.1, 0.15) is 32.4 Å². The molecule has 1 aromatic rings. The van der Waals surface area contributed by atoms with Gasteiger partial charge < -0.3 is 10.1 Å². The van der Waals surface area contributed by atoms with Crippen molar-refractivity contribution >= 4 is 17.6 Å². The Balaban J connectivity index is 2.53. The highest BCUT2D eigenvalue weighted by atomic mass is 35.5. The van der Waals surface area contributed by atoms with Crippen molar-refractivity contribution in [3.63, 3.8) is 0 Å². The number of nitrogens with one attached hydrogen (secondary N) is 1. The van der Waals surface area contributed by atoms with E-state index in [2.05, 4.69) is 17.3 Å². The van der Waals surface area contributed by atoms with Gasteiger partial charge >= 0.3 is 5.97 Å². The summed E-state index contributed by atoms with van der Waals surface area (Å²) in [6, 6.07) is -0.289. The average Bonchev–Trinajstić information content (AvgIpc) is 2.69. The predicted octanol–water partition coefficient (Wildman–Crippen LogP) is 2.17. The molecular weight excluding hydrogens is 266 g/mol. The Labute approximate surface area is 119 Å². The second kappa shape index (κ2) is 8.17. The van der Waals surface area contributed by atoms with Crippen LogP contribution in [-0.4, -0.2) is 34.9 Å². The lowest BCUT2D eigenvalue weighted by molar-refractivity contribution is -0.145. The highest BCUT2D eigenvalue weighted by Gasteiger charge is 2.18. The van der Waals surface area contributed by atoms with Crippen LogP contribution in [-0.2, 0) is 16.1 Å². The Morgan fingerprint density at radius 2 is 2.32 bits per heavy atom. The van der Waals surface area contributed by atoms with E-state index in [9.17, 15) is 4.79 Å². The zero-order valence-corrected chi connectivity index (χ0v) is 12.5. The molecule has 5 nitrogen and oxygen atoms in total. The van der Waals surface area contributed by atoms with E-state index in [1.54, 1.807) is 10.9 Å². The van der Waals surface area contributed by atoms with Gasteiger partial charge in [0.25, 0.3) is 0 Å². The number of esters is 1. The number of ether oxygens (including phenoxy) is 1. The minimum atomic E-state index is -0.289. The van der Waals surface area contributed by atoms with Crippen molar-refractivity contribution in [2.45, 2.75) is 46.2 Å². The fourth-order valence-corrected chi connectivity index (χ4v) is 1.88. The molecule has 1 atom stereocenters. The van der Waals surface area contributed by atoms with E-state index in [4.69, 9.17) is 16.3 Å². The Hall–Kier alpha value is -1.07. The van der Waals surface area contributed by atoms with Gasteiger partial charge in [0, 0.05) is 12.7 Å². The minimum absolute atomic E-state index is 0.203. The van der Waals surface area contributed by atoms with Crippen LogP contribution in [0.3, 0.4) is 0 Å². The van der Waals surface area contributed by atoms with Gasteiger partial charge in [-0.25, -0.2) is 0 Å². The lowest BCUT2D eigenvalue weighted by atomic mass is 10.2. The summed E-state index contributed by atoms with van der Waals surface area (Å²) < 4.78 is 6.82. The van der Waals surface area contributed by atoms with Crippen LogP contribution in [0.5, 0.6) is 0 Å². The van der Waals surface area contributed by atoms with Crippen LogP contribution in [0.4, 0.5) is 0 Å². The fourth-order valence-electron chi connectivity index (χ4n) is 1.73. The molecule has 1 heterocycles. The Morgan fingerprint density at radius 3 is 2.84 bits per heavy atom. The highest BCUT2D eigenvalue weighted by Crippen LogP contribution is 2.12. The van der Waals surface area contributed by atoms with Crippen LogP contribution < -0.4 is 5.32 Å². The SMILES string of the molecule is CCCNC(CCn1cc(Cl)c(C)n1)C(=O)OCC. The Morgan fingerprint density at radius 1 is 1.58 bits per heavy atom. The van der Waals surface area contributed by atoms with Crippen LogP contribution in [0, 0.1) is 6.92 Å². The largest absolute Gasteiger partial charge is 0.465 e. The molecule has 0 radical (unpaired) electrons. The number of hydrogen-bond acceptors (Lipinski definition) is 4. The maximum Gasteiger partial charge on any atom is 0.323 e. The lowest BCUT2D eigenvalue weighted by Crippen LogP contribution is -2.39. The maximum absolute atomic E-state index is 11.8. The molecule has 6 heteroatoms. The molecular formula is C13H22ClN3O2. The van der Waals surface area contributed by atoms with Gasteiger partial charge in [0.1, 0.15) is 6.04 Å². The molecule has 1 N–H and O–H groups in total. The minimum Gasteiger partial charge on any atom is -0.465 e. The van der Waals surface area contributed by atoms with Gasteiger partial charge in [0.2, 0.25) is 0 Å². The Bertz CT molecular complexity index is 387. The number of rotatable bonds is 8. The van der Waals surface area contributed by atoms with Crippen LogP contribution in [0.25, 0.3) is 0 Å². The van der Waals surface area contributed by atoms with Crippen LogP contribution >= 0.6 is 11.6 Å². The summed E-state index contributed by atoms with van der Waals surface area (Å²) in [5, 5.41) is 8.12. The predicted molar refractivity (Wildman–Crippen MR) is 75.3 cm³/mol. The van der Waals surface area contributed by atoms with Gasteiger partial charge in [-0.05, 0) is 33.2 Å². The molecule has 1 rings (SSSR count). The monoisotopic (exact) mass is 287 g/mol. The molecule has 0 spiro atoms. The molecule has 0 aliphatic carbocycles. The summed E-state index contributed by atoms with van der Waals surface area (Å²) in [6.07, 6.45) is 3.39. The first-order chi connectivity index (χ1) is 9.08. The third-order valence-corrected chi connectivity index (χ3v) is 3.12. The normalized spacial score (nSPS) is 12.4. The van der Waals surface area contributed by atoms with Gasteiger partial charge in [0.15, 0.2) is 0 Å². The second-order valence-electron chi connectivity index (χ2n) is 4.37. The Kier molecular flexibility index (Phi) is 6.87. The summed E-state index contributed by atoms with van der Waals surface area (Å²) >= 11 is 5.95. The van der Waals surface area contributed by atoms with Crippen molar-refractivity contribution < 1.29 is 9.53 Å². The number of halogens is 1. The zero-order chi connectivity index (χ0) is 14.3. The number of aromatic nitrogens is 2. The van der Waals surface area contributed by atoms with Crippen LogP contribution in [0.2, 0.25) is 5.02 Å². The molecule has 0 bridgehead atoms. The van der Waals surface area contributed by atoms with Crippen molar-refractivity contribution in [3.8, 4) is 0 Å². The first kappa shape index (κ1) is 16.0. The second-order valence-corrected chi connectivity index (χ2v) is 4.78. The summed E-state index contributed by atoms with van der Waals surface area (Å²) in [5.41, 5.74) is 0.802. The zero-order valence-electron chi connectivity index (χ0n) is 11.8. The van der Waals surface area contributed by atoms with E-state index in [-0.39, 0.29) is 12.0 Å². The van der Waals surface area contributed by atoms with E-state index in [0.717, 1.165) is 18.7 Å². The van der Waals surface area contributed by atoms with E-state index >= 15 is 0 Å². The molecule has 0 fully saturated rings. The third-order valence-electron chi connectivity index (χ3n) is 2.75. The molecule has 0 aromatic carbocycles. The molecule has 19 heavy (non-hydrogen) atoms. The quantitative estimate of drug-likeness (QED) is 0.745. The standard InChI is InChI=1S/C13H22ClN3O2/c1-4-7-15-12(13(18)19-5-2)6-8-17-9-11(14)10(3)16-17/h9,12,15H,4-8H2,1-3H3. The van der Waals surface area contributed by atoms with Gasteiger partial charge in [0.05, 0.1) is 17.3 Å². The molecule has 0 amide bonds. The average molecular weight is 288 g/mol. The molecule has 0 saturated heterocycles. The van der Waals surface area contributed by atoms with Crippen molar-refractivity contribution in [3.05, 3.63) is 16.9 Å². The maximum atomic E-state index is 11.8. The van der Waals surface area contributed by atoms with Crippen LogP contribution in [0.15, 0.2) is 6.20 Å². The van der Waals surface area contributed by atoms with E-state index in [0.29, 0.717) is 24.6 Å². The van der Waals surface area contributed by atoms with E-state index in [1.807, 2.05) is 13.8 Å². The first-order valence-corrected chi connectivity index (χ1v) is 7.05. The fraction of sp³-hybridized carbons (Fsp3) is 0.692. The summed E-state index contributed by atoms with van der Waals surface area (Å²) in [7, 11) is 0. The molecule has 1 aromatic heterocycles. The third kappa shape index (κ3) is 5.20. The van der Waals surface area contributed by atoms with Gasteiger partial charge in [-0.15, -0.1) is 0 Å². The molecule has 0 aliphatic rings. The van der Waals surface area contributed by atoms with Crippen molar-refractivity contribution in [1.29, 1.82) is 0 Å². The first-order valence-electron chi connectivity index (χ1n) is 6.68. The lowest BCUT2D eigenvalue weighted by Gasteiger charge is -2.16. The summed E-state index contributed by atoms with van der Waals surface area (Å²) in [5.74, 6) is -0.203. The number of carbonyl (C=O) groups excluding carboxylic acids is 1. The number of hydrogen-bond donors (Lipinski definition) is 1. The van der Waals surface area contributed by atoms with Gasteiger partial charge in [-0.2, -0.15) is 5.10 Å². The molecule has 1 unspecified atom stereocenters. The number of aryl methyl sites for hydroxylation is 2. The smallest absolute Gasteiger partial charge is 0.323 e.